The molecule has 0 bridgehead atoms. The lowest BCUT2D eigenvalue weighted by Crippen LogP contribution is -2.20. The van der Waals surface area contributed by atoms with Crippen LogP contribution in [0.25, 0.3) is 0 Å². The molecule has 1 aromatic rings. The summed E-state index contributed by atoms with van der Waals surface area (Å²) in [5.74, 6) is 0.565. The lowest BCUT2D eigenvalue weighted by molar-refractivity contribution is 0.403. The van der Waals surface area contributed by atoms with Gasteiger partial charge in [0, 0.05) is 23.6 Å². The van der Waals surface area contributed by atoms with E-state index in [2.05, 4.69) is 6.07 Å². The fraction of sp³-hybridized carbons (Fsp3) is 0.417. The molecular weight excluding hydrogens is 204 g/mol. The van der Waals surface area contributed by atoms with Crippen molar-refractivity contribution in [3.63, 3.8) is 0 Å². The molecule has 4 nitrogen and oxygen atoms in total. The van der Waals surface area contributed by atoms with Crippen LogP contribution < -0.4 is 10.5 Å². The molecule has 84 valence electrons. The molecule has 2 rings (SSSR count). The number of nitrogens with two attached hydrogens (primary N) is 1. The molecule has 1 saturated carbocycles. The van der Waals surface area contributed by atoms with E-state index in [-0.39, 0.29) is 11.2 Å². The van der Waals surface area contributed by atoms with Gasteiger partial charge in [-0.2, -0.15) is 5.26 Å². The van der Waals surface area contributed by atoms with Crippen molar-refractivity contribution in [1.29, 1.82) is 5.26 Å². The van der Waals surface area contributed by atoms with Crippen LogP contribution in [0.1, 0.15) is 24.0 Å². The van der Waals surface area contributed by atoms with E-state index in [0.717, 1.165) is 18.4 Å². The fourth-order valence-corrected chi connectivity index (χ4v) is 1.98. The lowest BCUT2D eigenvalue weighted by atomic mass is 9.93. The minimum Gasteiger partial charge on any atom is -0.508 e. The van der Waals surface area contributed by atoms with E-state index >= 15 is 0 Å². The molecule has 0 heterocycles. The normalized spacial score (nSPS) is 16.6. The molecule has 4 heteroatoms. The van der Waals surface area contributed by atoms with Gasteiger partial charge in [0.15, 0.2) is 0 Å². The van der Waals surface area contributed by atoms with Crippen LogP contribution in [0.2, 0.25) is 0 Å². The maximum atomic E-state index is 9.90. The molecule has 1 fully saturated rings. The van der Waals surface area contributed by atoms with Crippen molar-refractivity contribution in [3.05, 3.63) is 23.3 Å². The standard InChI is InChI=1S/C12H14N2O2/c1-16-11-5-10(15)9(4-8(11)6-13)12(7-14)2-3-12/h4-5,15H,2-3,7,14H2,1H3. The van der Waals surface area contributed by atoms with Crippen molar-refractivity contribution in [2.45, 2.75) is 18.3 Å². The number of nitrogens with zero attached hydrogens (tertiary/aromatic N) is 1. The summed E-state index contributed by atoms with van der Waals surface area (Å²) in [6, 6.07) is 5.24. The number of rotatable bonds is 3. The number of ether oxygens (including phenoxy) is 1. The van der Waals surface area contributed by atoms with Crippen LogP contribution in [0.5, 0.6) is 11.5 Å². The minimum atomic E-state index is -0.123. The molecule has 0 saturated heterocycles. The molecule has 1 aromatic carbocycles. The Hall–Kier alpha value is -1.73. The second-order valence-corrected chi connectivity index (χ2v) is 4.17. The topological polar surface area (TPSA) is 79.3 Å². The van der Waals surface area contributed by atoms with Crippen LogP contribution >= 0.6 is 0 Å². The molecule has 0 atom stereocenters. The van der Waals surface area contributed by atoms with Crippen molar-refractivity contribution in [2.24, 2.45) is 5.73 Å². The van der Waals surface area contributed by atoms with Crippen molar-refractivity contribution in [2.75, 3.05) is 13.7 Å². The third-order valence-electron chi connectivity index (χ3n) is 3.25. The van der Waals surface area contributed by atoms with Gasteiger partial charge in [-0.15, -0.1) is 0 Å². The third kappa shape index (κ3) is 1.50. The molecule has 0 unspecified atom stereocenters. The van der Waals surface area contributed by atoms with Gasteiger partial charge in [-0.3, -0.25) is 0 Å². The number of benzene rings is 1. The maximum Gasteiger partial charge on any atom is 0.140 e. The smallest absolute Gasteiger partial charge is 0.140 e. The van der Waals surface area contributed by atoms with Crippen LogP contribution in [-0.2, 0) is 5.41 Å². The summed E-state index contributed by atoms with van der Waals surface area (Å²) in [5.41, 5.74) is 6.79. The Labute approximate surface area is 94.3 Å². The van der Waals surface area contributed by atoms with E-state index in [1.165, 1.54) is 13.2 Å². The Morgan fingerprint density at radius 1 is 1.56 bits per heavy atom. The zero-order chi connectivity index (χ0) is 11.8. The van der Waals surface area contributed by atoms with Crippen LogP contribution in [0, 0.1) is 11.3 Å². The average Bonchev–Trinajstić information content (AvgIpc) is 3.09. The number of methoxy groups -OCH3 is 1. The first kappa shape index (κ1) is 10.8. The van der Waals surface area contributed by atoms with Gasteiger partial charge in [0.25, 0.3) is 0 Å². The van der Waals surface area contributed by atoms with Crippen molar-refractivity contribution in [3.8, 4) is 17.6 Å². The summed E-state index contributed by atoms with van der Waals surface area (Å²) in [6.07, 6.45) is 1.93. The second kappa shape index (κ2) is 3.69. The Bertz CT molecular complexity index is 459. The van der Waals surface area contributed by atoms with E-state index in [0.29, 0.717) is 17.9 Å². The molecule has 3 N–H and O–H groups in total. The first-order valence-corrected chi connectivity index (χ1v) is 5.18. The summed E-state index contributed by atoms with van der Waals surface area (Å²) in [6.45, 7) is 0.498. The predicted molar refractivity (Wildman–Crippen MR) is 59.3 cm³/mol. The highest BCUT2D eigenvalue weighted by Gasteiger charge is 2.45. The summed E-state index contributed by atoms with van der Waals surface area (Å²) in [7, 11) is 1.48. The largest absolute Gasteiger partial charge is 0.508 e. The summed E-state index contributed by atoms with van der Waals surface area (Å²) in [5, 5.41) is 18.9. The number of phenols is 1. The van der Waals surface area contributed by atoms with E-state index in [9.17, 15) is 5.11 Å². The van der Waals surface area contributed by atoms with Crippen LogP contribution in [-0.4, -0.2) is 18.8 Å². The molecule has 1 aliphatic rings. The molecule has 16 heavy (non-hydrogen) atoms. The molecule has 1 aliphatic carbocycles. The van der Waals surface area contributed by atoms with Gasteiger partial charge < -0.3 is 15.6 Å². The minimum absolute atomic E-state index is 0.123. The number of nitriles is 1. The van der Waals surface area contributed by atoms with E-state index in [4.69, 9.17) is 15.7 Å². The third-order valence-corrected chi connectivity index (χ3v) is 3.25. The average molecular weight is 218 g/mol. The van der Waals surface area contributed by atoms with Gasteiger partial charge in [-0.05, 0) is 18.9 Å². The molecule has 0 radical (unpaired) electrons. The number of phenolic OH excluding ortho intramolecular Hbond substituents is 1. The SMILES string of the molecule is COc1cc(O)c(C2(CN)CC2)cc1C#N. The van der Waals surface area contributed by atoms with Gasteiger partial charge in [0.05, 0.1) is 12.7 Å². The lowest BCUT2D eigenvalue weighted by Gasteiger charge is -2.16. The van der Waals surface area contributed by atoms with Gasteiger partial charge in [0.2, 0.25) is 0 Å². The highest BCUT2D eigenvalue weighted by molar-refractivity contribution is 5.55. The van der Waals surface area contributed by atoms with Gasteiger partial charge in [-0.25, -0.2) is 0 Å². The quantitative estimate of drug-likeness (QED) is 0.800. The Kier molecular flexibility index (Phi) is 2.49. The van der Waals surface area contributed by atoms with Crippen LogP contribution in [0.15, 0.2) is 12.1 Å². The number of aromatic hydroxyl groups is 1. The van der Waals surface area contributed by atoms with E-state index in [1.54, 1.807) is 6.07 Å². The highest BCUT2D eigenvalue weighted by Crippen LogP contribution is 2.51. The predicted octanol–water partition coefficient (Wildman–Crippen LogP) is 1.26. The monoisotopic (exact) mass is 218 g/mol. The first-order chi connectivity index (χ1) is 7.66. The van der Waals surface area contributed by atoms with Gasteiger partial charge in [0.1, 0.15) is 17.6 Å². The zero-order valence-electron chi connectivity index (χ0n) is 9.16. The van der Waals surface area contributed by atoms with Crippen molar-refractivity contribution >= 4 is 0 Å². The van der Waals surface area contributed by atoms with Crippen molar-refractivity contribution < 1.29 is 9.84 Å². The van der Waals surface area contributed by atoms with Crippen LogP contribution in [0.3, 0.4) is 0 Å². The Balaban J connectivity index is 2.52. The summed E-state index contributed by atoms with van der Waals surface area (Å²) >= 11 is 0. The molecular formula is C12H14N2O2. The summed E-state index contributed by atoms with van der Waals surface area (Å²) < 4.78 is 5.03. The second-order valence-electron chi connectivity index (χ2n) is 4.17. The van der Waals surface area contributed by atoms with Gasteiger partial charge in [-0.1, -0.05) is 0 Å². The molecule has 0 aliphatic heterocycles. The van der Waals surface area contributed by atoms with Crippen molar-refractivity contribution in [1.82, 2.24) is 0 Å². The Morgan fingerprint density at radius 2 is 2.25 bits per heavy atom. The number of hydrogen-bond donors (Lipinski definition) is 2. The fourth-order valence-electron chi connectivity index (χ4n) is 1.98. The van der Waals surface area contributed by atoms with E-state index < -0.39 is 0 Å². The highest BCUT2D eigenvalue weighted by atomic mass is 16.5. The maximum absolute atomic E-state index is 9.90. The van der Waals surface area contributed by atoms with Crippen LogP contribution in [0.4, 0.5) is 0 Å². The first-order valence-electron chi connectivity index (χ1n) is 5.18. The summed E-state index contributed by atoms with van der Waals surface area (Å²) in [4.78, 5) is 0. The van der Waals surface area contributed by atoms with Gasteiger partial charge >= 0.3 is 0 Å². The Morgan fingerprint density at radius 3 is 2.69 bits per heavy atom. The molecule has 0 spiro atoms. The number of hydrogen-bond acceptors (Lipinski definition) is 4. The zero-order valence-corrected chi connectivity index (χ0v) is 9.16. The van der Waals surface area contributed by atoms with E-state index in [1.807, 2.05) is 0 Å². The molecule has 0 amide bonds. The molecule has 0 aromatic heterocycles.